The van der Waals surface area contributed by atoms with Gasteiger partial charge in [0.2, 0.25) is 0 Å². The van der Waals surface area contributed by atoms with Gasteiger partial charge in [-0.2, -0.15) is 4.57 Å². The summed E-state index contributed by atoms with van der Waals surface area (Å²) >= 11 is 0. The number of aliphatic hydroxyl groups excluding tert-OH is 3. The van der Waals surface area contributed by atoms with E-state index in [4.69, 9.17) is 9.84 Å². The molecule has 3 N–H and O–H groups in total. The van der Waals surface area contributed by atoms with Crippen molar-refractivity contribution in [2.24, 2.45) is 0 Å². The van der Waals surface area contributed by atoms with Gasteiger partial charge in [0.1, 0.15) is 17.8 Å². The third-order valence-corrected chi connectivity index (χ3v) is 3.05. The number of carbonyl (C=O) groups excluding carboxylic acids is 1. The second-order valence-electron chi connectivity index (χ2n) is 4.26. The Kier molecular flexibility index (Phi) is 5.58. The topological polar surface area (TPSA) is 100 Å². The summed E-state index contributed by atoms with van der Waals surface area (Å²) in [5.41, 5.74) is 0.294. The molecule has 1 saturated heterocycles. The zero-order valence-electron chi connectivity index (χ0n) is 10.3. The number of hydrogen-bond acceptors (Lipinski definition) is 6. The fourth-order valence-electron chi connectivity index (χ4n) is 2.02. The lowest BCUT2D eigenvalue weighted by Crippen LogP contribution is -2.46. The maximum absolute atomic E-state index is 11.4. The molecule has 2 rings (SSSR count). The number of aromatic nitrogens is 1. The predicted octanol–water partition coefficient (Wildman–Crippen LogP) is -0.992. The number of nitrogens with zero attached hydrogens (tertiary/aromatic N) is 1. The molecule has 1 fully saturated rings. The van der Waals surface area contributed by atoms with E-state index in [9.17, 15) is 15.0 Å². The van der Waals surface area contributed by atoms with Crippen molar-refractivity contribution in [1.82, 2.24) is 0 Å². The minimum Gasteiger partial charge on any atom is -0.465 e. The molecule has 1 aromatic heterocycles. The van der Waals surface area contributed by atoms with Crippen LogP contribution in [0.1, 0.15) is 24.0 Å². The van der Waals surface area contributed by atoms with Crippen LogP contribution in [0.15, 0.2) is 24.5 Å². The zero-order valence-corrected chi connectivity index (χ0v) is 10.3. The first-order chi connectivity index (χ1) is 9.08. The number of esters is 1. The van der Waals surface area contributed by atoms with Crippen molar-refractivity contribution in [2.45, 2.75) is 32.0 Å². The predicted molar refractivity (Wildman–Crippen MR) is 67.7 cm³/mol. The lowest BCUT2D eigenvalue weighted by Gasteiger charge is -2.10. The van der Waals surface area contributed by atoms with Gasteiger partial charge in [0, 0.05) is 6.07 Å². The van der Waals surface area contributed by atoms with Crippen molar-refractivity contribution in [3.8, 4) is 0 Å². The molecule has 20 heavy (non-hydrogen) atoms. The smallest absolute Gasteiger partial charge is 0.343 e. The Labute approximate surface area is 117 Å². The van der Waals surface area contributed by atoms with Crippen LogP contribution in [0.25, 0.3) is 0 Å². The van der Waals surface area contributed by atoms with E-state index in [2.05, 4.69) is 4.74 Å². The highest BCUT2D eigenvalue weighted by molar-refractivity contribution is 5.88. The van der Waals surface area contributed by atoms with Crippen LogP contribution >= 0.6 is 0 Å². The van der Waals surface area contributed by atoms with Gasteiger partial charge in [-0.25, -0.2) is 4.79 Å². The summed E-state index contributed by atoms with van der Waals surface area (Å²) in [6.07, 6.45) is -1.04. The molecule has 0 amide bonds. The minimum atomic E-state index is -1.19. The van der Waals surface area contributed by atoms with Gasteiger partial charge in [-0.1, -0.05) is 7.43 Å². The van der Waals surface area contributed by atoms with Gasteiger partial charge in [-0.15, -0.1) is 0 Å². The van der Waals surface area contributed by atoms with E-state index in [1.807, 2.05) is 0 Å². The average molecular weight is 286 g/mol. The van der Waals surface area contributed by atoms with Gasteiger partial charge in [-0.3, -0.25) is 0 Å². The van der Waals surface area contributed by atoms with Gasteiger partial charge in [0.15, 0.2) is 18.5 Å². The van der Waals surface area contributed by atoms with Gasteiger partial charge in [-0.05, 0) is 6.07 Å². The third kappa shape index (κ3) is 2.96. The van der Waals surface area contributed by atoms with Crippen LogP contribution in [0, 0.1) is 0 Å². The number of rotatable bonds is 3. The Morgan fingerprint density at radius 2 is 2.15 bits per heavy atom. The Morgan fingerprint density at radius 3 is 2.70 bits per heavy atom. The molecule has 1 aliphatic rings. The number of ether oxygens (including phenoxy) is 2. The molecule has 2 heterocycles. The number of methoxy groups -OCH3 is 1. The summed E-state index contributed by atoms with van der Waals surface area (Å²) in [5.74, 6) is -0.513. The maximum Gasteiger partial charge on any atom is 0.343 e. The summed E-state index contributed by atoms with van der Waals surface area (Å²) < 4.78 is 11.4. The number of pyridine rings is 1. The Bertz CT molecular complexity index is 466. The first-order valence-corrected chi connectivity index (χ1v) is 5.80. The Balaban J connectivity index is 0.00000200. The Hall–Kier alpha value is -1.54. The van der Waals surface area contributed by atoms with E-state index in [1.54, 1.807) is 18.3 Å². The standard InChI is InChI=1S/C12H16NO6.CH4/c1-18-12(17)7-3-2-4-13(5-7)11-10(16)9(15)8(6-14)19-11;/h2-5,8-11,14-16H,6H2,1H3;1H4/q+1;/t8-,9?,10+,11-;/m1./s1. The fourth-order valence-corrected chi connectivity index (χ4v) is 2.02. The van der Waals surface area contributed by atoms with Crippen molar-refractivity contribution >= 4 is 5.97 Å². The normalized spacial score (nSPS) is 28.8. The molecular weight excluding hydrogens is 266 g/mol. The first-order valence-electron chi connectivity index (χ1n) is 5.80. The molecule has 0 aliphatic carbocycles. The number of aliphatic hydroxyl groups is 3. The lowest BCUT2D eigenvalue weighted by molar-refractivity contribution is -0.765. The van der Waals surface area contributed by atoms with Gasteiger partial charge < -0.3 is 24.8 Å². The van der Waals surface area contributed by atoms with Crippen LogP contribution < -0.4 is 4.57 Å². The molecule has 0 radical (unpaired) electrons. The summed E-state index contributed by atoms with van der Waals surface area (Å²) in [6.45, 7) is -0.397. The largest absolute Gasteiger partial charge is 0.465 e. The second-order valence-corrected chi connectivity index (χ2v) is 4.26. The summed E-state index contributed by atoms with van der Waals surface area (Å²) in [5, 5.41) is 28.6. The fraction of sp³-hybridized carbons (Fsp3) is 0.538. The van der Waals surface area contributed by atoms with E-state index in [-0.39, 0.29) is 7.43 Å². The molecule has 1 aromatic rings. The summed E-state index contributed by atoms with van der Waals surface area (Å²) in [4.78, 5) is 11.4. The van der Waals surface area contributed by atoms with Crippen LogP contribution in [-0.4, -0.2) is 53.3 Å². The summed E-state index contributed by atoms with van der Waals surface area (Å²) in [6, 6.07) is 3.16. The van der Waals surface area contributed by atoms with E-state index < -0.39 is 37.1 Å². The van der Waals surface area contributed by atoms with Crippen molar-refractivity contribution in [2.75, 3.05) is 13.7 Å². The first kappa shape index (κ1) is 16.5. The maximum atomic E-state index is 11.4. The van der Waals surface area contributed by atoms with Gasteiger partial charge in [0.25, 0.3) is 6.23 Å². The van der Waals surface area contributed by atoms with Crippen LogP contribution in [-0.2, 0) is 9.47 Å². The van der Waals surface area contributed by atoms with Crippen molar-refractivity contribution in [1.29, 1.82) is 0 Å². The minimum absolute atomic E-state index is 0. The monoisotopic (exact) mass is 286 g/mol. The van der Waals surface area contributed by atoms with Gasteiger partial charge in [0.05, 0.1) is 13.7 Å². The number of hydrogen-bond donors (Lipinski definition) is 3. The van der Waals surface area contributed by atoms with E-state index in [0.29, 0.717) is 5.56 Å². The zero-order chi connectivity index (χ0) is 14.0. The van der Waals surface area contributed by atoms with Crippen molar-refractivity contribution < 1.29 is 34.2 Å². The van der Waals surface area contributed by atoms with Crippen LogP contribution in [0.5, 0.6) is 0 Å². The summed E-state index contributed by atoms with van der Waals surface area (Å²) in [7, 11) is 1.27. The molecule has 0 aromatic carbocycles. The third-order valence-electron chi connectivity index (χ3n) is 3.05. The molecule has 4 atom stereocenters. The molecular formula is C13H20NO6+. The SMILES string of the molecule is C.COC(=O)c1ccc[n+]([C@@H]2O[C@H](CO)C(O)[C@@H]2O)c1. The molecule has 0 spiro atoms. The van der Waals surface area contributed by atoms with E-state index >= 15 is 0 Å². The highest BCUT2D eigenvalue weighted by atomic mass is 16.6. The molecule has 1 aliphatic heterocycles. The second kappa shape index (κ2) is 6.76. The molecule has 112 valence electrons. The molecule has 1 unspecified atom stereocenters. The van der Waals surface area contributed by atoms with Crippen molar-refractivity contribution in [3.05, 3.63) is 30.1 Å². The van der Waals surface area contributed by atoms with Crippen LogP contribution in [0.3, 0.4) is 0 Å². The molecule has 7 heteroatoms. The van der Waals surface area contributed by atoms with Crippen LogP contribution in [0.4, 0.5) is 0 Å². The molecule has 7 nitrogen and oxygen atoms in total. The van der Waals surface area contributed by atoms with E-state index in [1.165, 1.54) is 17.9 Å². The van der Waals surface area contributed by atoms with Gasteiger partial charge >= 0.3 is 5.97 Å². The Morgan fingerprint density at radius 1 is 1.45 bits per heavy atom. The quantitative estimate of drug-likeness (QED) is 0.487. The highest BCUT2D eigenvalue weighted by Crippen LogP contribution is 2.25. The average Bonchev–Trinajstić information content (AvgIpc) is 2.74. The number of carbonyl (C=O) groups is 1. The lowest BCUT2D eigenvalue weighted by atomic mass is 10.1. The molecule has 0 bridgehead atoms. The van der Waals surface area contributed by atoms with E-state index in [0.717, 1.165) is 0 Å². The van der Waals surface area contributed by atoms with Crippen LogP contribution in [0.2, 0.25) is 0 Å². The van der Waals surface area contributed by atoms with Crippen molar-refractivity contribution in [3.63, 3.8) is 0 Å². The highest BCUT2D eigenvalue weighted by Gasteiger charge is 2.47. The molecule has 0 saturated carbocycles.